The van der Waals surface area contributed by atoms with Crippen molar-refractivity contribution in [2.24, 2.45) is 5.41 Å². The molecule has 2 fully saturated rings. The lowest BCUT2D eigenvalue weighted by molar-refractivity contribution is 0.0107. The topological polar surface area (TPSA) is 53.3 Å². The third-order valence-corrected chi connectivity index (χ3v) is 5.03. The summed E-state index contributed by atoms with van der Waals surface area (Å²) >= 11 is 0. The van der Waals surface area contributed by atoms with Crippen LogP contribution in [-0.4, -0.2) is 29.2 Å². The van der Waals surface area contributed by atoms with E-state index in [1.165, 1.54) is 5.56 Å². The van der Waals surface area contributed by atoms with Gasteiger partial charge in [0.05, 0.1) is 11.5 Å². The number of ether oxygens (including phenoxy) is 1. The van der Waals surface area contributed by atoms with Gasteiger partial charge in [0.1, 0.15) is 5.60 Å². The smallest absolute Gasteiger partial charge is 0.410 e. The molecule has 4 nitrogen and oxygen atoms in total. The second-order valence-corrected chi connectivity index (χ2v) is 8.17. The van der Waals surface area contributed by atoms with E-state index < -0.39 is 5.60 Å². The lowest BCUT2D eigenvalue weighted by Crippen LogP contribution is -2.47. The number of nitrogens with zero attached hydrogens (tertiary/aromatic N) is 2. The molecule has 1 aromatic rings. The normalized spacial score (nSPS) is 24.4. The molecular formula is C20H26N2O2. The van der Waals surface area contributed by atoms with Crippen molar-refractivity contribution in [1.29, 1.82) is 5.26 Å². The molecule has 4 heteroatoms. The molecule has 0 N–H and O–H groups in total. The van der Waals surface area contributed by atoms with Crippen LogP contribution in [-0.2, 0) is 4.74 Å². The number of amides is 1. The molecule has 0 heterocycles. The van der Waals surface area contributed by atoms with Gasteiger partial charge in [0, 0.05) is 18.5 Å². The molecule has 2 saturated carbocycles. The first-order valence-corrected chi connectivity index (χ1v) is 8.79. The van der Waals surface area contributed by atoms with Crippen LogP contribution in [0.15, 0.2) is 30.3 Å². The molecule has 2 atom stereocenters. The molecule has 3 rings (SSSR count). The van der Waals surface area contributed by atoms with E-state index in [1.54, 1.807) is 0 Å². The van der Waals surface area contributed by atoms with E-state index in [-0.39, 0.29) is 17.6 Å². The van der Waals surface area contributed by atoms with Gasteiger partial charge in [-0.15, -0.1) is 0 Å². The molecule has 0 aliphatic heterocycles. The second kappa shape index (κ2) is 6.12. The van der Waals surface area contributed by atoms with Gasteiger partial charge in [-0.25, -0.2) is 4.79 Å². The molecule has 2 aliphatic carbocycles. The summed E-state index contributed by atoms with van der Waals surface area (Å²) in [6.07, 6.45) is 3.50. The molecular weight excluding hydrogens is 300 g/mol. The van der Waals surface area contributed by atoms with Crippen molar-refractivity contribution in [1.82, 2.24) is 4.90 Å². The summed E-state index contributed by atoms with van der Waals surface area (Å²) in [5.41, 5.74) is 0.364. The lowest BCUT2D eigenvalue weighted by Gasteiger charge is -2.40. The Kier molecular flexibility index (Phi) is 4.29. The number of nitriles is 1. The van der Waals surface area contributed by atoms with Crippen molar-refractivity contribution in [2.75, 3.05) is 6.54 Å². The number of rotatable bonds is 4. The van der Waals surface area contributed by atoms with Crippen LogP contribution in [0.25, 0.3) is 0 Å². The van der Waals surface area contributed by atoms with E-state index in [1.807, 2.05) is 43.9 Å². The van der Waals surface area contributed by atoms with Crippen LogP contribution in [0.1, 0.15) is 57.9 Å². The highest BCUT2D eigenvalue weighted by Crippen LogP contribution is 2.48. The van der Waals surface area contributed by atoms with Crippen LogP contribution in [0, 0.1) is 16.7 Å². The average Bonchev–Trinajstić information content (AvgIpc) is 3.26. The fourth-order valence-electron chi connectivity index (χ4n) is 3.46. The third kappa shape index (κ3) is 3.56. The highest BCUT2D eigenvalue weighted by atomic mass is 16.6. The van der Waals surface area contributed by atoms with Gasteiger partial charge in [-0.2, -0.15) is 5.26 Å². The predicted molar refractivity (Wildman–Crippen MR) is 92.4 cm³/mol. The summed E-state index contributed by atoms with van der Waals surface area (Å²) in [4.78, 5) is 14.6. The van der Waals surface area contributed by atoms with Crippen molar-refractivity contribution in [3.63, 3.8) is 0 Å². The Morgan fingerprint density at radius 2 is 2.00 bits per heavy atom. The van der Waals surface area contributed by atoms with E-state index in [0.29, 0.717) is 12.5 Å². The van der Waals surface area contributed by atoms with Crippen LogP contribution in [0.4, 0.5) is 4.79 Å². The Balaban J connectivity index is 1.76. The Labute approximate surface area is 144 Å². The van der Waals surface area contributed by atoms with Crippen molar-refractivity contribution >= 4 is 6.09 Å². The van der Waals surface area contributed by atoms with E-state index in [0.717, 1.165) is 25.7 Å². The summed E-state index contributed by atoms with van der Waals surface area (Å²) < 4.78 is 5.62. The second-order valence-electron chi connectivity index (χ2n) is 8.17. The Morgan fingerprint density at radius 3 is 2.50 bits per heavy atom. The zero-order chi connectivity index (χ0) is 17.4. The number of carbonyl (C=O) groups excluding carboxylic acids is 1. The molecule has 1 aromatic carbocycles. The summed E-state index contributed by atoms with van der Waals surface area (Å²) in [6, 6.07) is 12.9. The average molecular weight is 326 g/mol. The number of hydrogen-bond acceptors (Lipinski definition) is 3. The zero-order valence-corrected chi connectivity index (χ0v) is 14.8. The van der Waals surface area contributed by atoms with Crippen LogP contribution >= 0.6 is 0 Å². The number of carbonyl (C=O) groups is 1. The standard InChI is InChI=1S/C20H26N2O2/c1-19(2,3)24-18(23)22(14-20(13-21)10-7-11-20)17-12-16(17)15-8-5-4-6-9-15/h4-6,8-9,16-17H,7,10-12,14H2,1-3H3/t16?,17-/m0/s1. The van der Waals surface area contributed by atoms with Gasteiger partial charge in [0.2, 0.25) is 0 Å². The number of benzene rings is 1. The van der Waals surface area contributed by atoms with Crippen molar-refractivity contribution in [2.45, 2.75) is 64.0 Å². The Hall–Kier alpha value is -2.02. The van der Waals surface area contributed by atoms with E-state index >= 15 is 0 Å². The van der Waals surface area contributed by atoms with E-state index in [4.69, 9.17) is 4.74 Å². The minimum Gasteiger partial charge on any atom is -0.444 e. The maximum atomic E-state index is 12.7. The van der Waals surface area contributed by atoms with Crippen LogP contribution < -0.4 is 0 Å². The molecule has 0 spiro atoms. The minimum absolute atomic E-state index is 0.146. The van der Waals surface area contributed by atoms with Crippen molar-refractivity contribution in [3.05, 3.63) is 35.9 Å². The highest BCUT2D eigenvalue weighted by molar-refractivity contribution is 5.69. The fraction of sp³-hybridized carbons (Fsp3) is 0.600. The molecule has 0 radical (unpaired) electrons. The monoisotopic (exact) mass is 326 g/mol. The maximum Gasteiger partial charge on any atom is 0.410 e. The van der Waals surface area contributed by atoms with Gasteiger partial charge in [0.15, 0.2) is 0 Å². The zero-order valence-electron chi connectivity index (χ0n) is 14.8. The van der Waals surface area contributed by atoms with Crippen molar-refractivity contribution < 1.29 is 9.53 Å². The molecule has 0 bridgehead atoms. The van der Waals surface area contributed by atoms with Gasteiger partial charge in [-0.05, 0) is 45.6 Å². The SMILES string of the molecule is CC(C)(C)OC(=O)N(CC1(C#N)CCC1)[C@H]1CC1c1ccccc1. The Bertz CT molecular complexity index is 638. The number of hydrogen-bond donors (Lipinski definition) is 0. The van der Waals surface area contributed by atoms with Gasteiger partial charge in [-0.3, -0.25) is 0 Å². The van der Waals surface area contributed by atoms with Gasteiger partial charge < -0.3 is 9.64 Å². The highest BCUT2D eigenvalue weighted by Gasteiger charge is 2.50. The predicted octanol–water partition coefficient (Wildman–Crippen LogP) is 4.47. The quantitative estimate of drug-likeness (QED) is 0.820. The molecule has 128 valence electrons. The van der Waals surface area contributed by atoms with Crippen LogP contribution in [0.5, 0.6) is 0 Å². The van der Waals surface area contributed by atoms with Crippen molar-refractivity contribution in [3.8, 4) is 6.07 Å². The summed E-state index contributed by atoms with van der Waals surface area (Å²) in [6.45, 7) is 6.14. The van der Waals surface area contributed by atoms with Gasteiger partial charge in [-0.1, -0.05) is 36.8 Å². The van der Waals surface area contributed by atoms with E-state index in [9.17, 15) is 10.1 Å². The first-order valence-electron chi connectivity index (χ1n) is 8.79. The molecule has 1 unspecified atom stereocenters. The molecule has 1 amide bonds. The Morgan fingerprint density at radius 1 is 1.33 bits per heavy atom. The summed E-state index contributed by atoms with van der Waals surface area (Å²) in [7, 11) is 0. The molecule has 2 aliphatic rings. The fourth-order valence-corrected chi connectivity index (χ4v) is 3.46. The summed E-state index contributed by atoms with van der Waals surface area (Å²) in [5.74, 6) is 0.356. The maximum absolute atomic E-state index is 12.7. The van der Waals surface area contributed by atoms with Gasteiger partial charge >= 0.3 is 6.09 Å². The largest absolute Gasteiger partial charge is 0.444 e. The summed E-state index contributed by atoms with van der Waals surface area (Å²) in [5, 5.41) is 9.56. The van der Waals surface area contributed by atoms with Crippen LogP contribution in [0.3, 0.4) is 0 Å². The first-order chi connectivity index (χ1) is 11.3. The lowest BCUT2D eigenvalue weighted by atomic mass is 9.69. The van der Waals surface area contributed by atoms with Crippen LogP contribution in [0.2, 0.25) is 0 Å². The first kappa shape index (κ1) is 16.8. The molecule has 0 saturated heterocycles. The van der Waals surface area contributed by atoms with Gasteiger partial charge in [0.25, 0.3) is 0 Å². The third-order valence-electron chi connectivity index (χ3n) is 5.03. The molecule has 24 heavy (non-hydrogen) atoms. The minimum atomic E-state index is -0.522. The molecule has 0 aromatic heterocycles. The van der Waals surface area contributed by atoms with E-state index in [2.05, 4.69) is 18.2 Å².